The highest BCUT2D eigenvalue weighted by Crippen LogP contribution is 2.19. The summed E-state index contributed by atoms with van der Waals surface area (Å²) in [5.74, 6) is 1.05. The Morgan fingerprint density at radius 1 is 1.00 bits per heavy atom. The average Bonchev–Trinajstić information content (AvgIpc) is 2.75. The molecule has 0 saturated carbocycles. The van der Waals surface area contributed by atoms with Crippen molar-refractivity contribution in [1.82, 2.24) is 14.8 Å². The highest BCUT2D eigenvalue weighted by Gasteiger charge is 2.14. The van der Waals surface area contributed by atoms with E-state index in [9.17, 15) is 4.39 Å². The monoisotopic (exact) mass is 249 g/mol. The summed E-state index contributed by atoms with van der Waals surface area (Å²) >= 11 is 0. The Balaban J connectivity index is 2.51. The first-order chi connectivity index (χ1) is 8.49. The van der Waals surface area contributed by atoms with Crippen LogP contribution in [0.25, 0.3) is 5.69 Å². The third-order valence-corrected chi connectivity index (χ3v) is 2.45. The van der Waals surface area contributed by atoms with Crippen LogP contribution in [0.2, 0.25) is 0 Å². The summed E-state index contributed by atoms with van der Waals surface area (Å²) in [5.41, 5.74) is 0.778. The molecule has 0 aliphatic carbocycles. The minimum atomic E-state index is -0.266. The maximum absolute atomic E-state index is 12.9. The number of benzene rings is 1. The van der Waals surface area contributed by atoms with E-state index in [-0.39, 0.29) is 5.82 Å². The van der Waals surface area contributed by atoms with Gasteiger partial charge in [0.1, 0.15) is 5.82 Å². The van der Waals surface area contributed by atoms with Crippen molar-refractivity contribution < 1.29 is 4.39 Å². The maximum atomic E-state index is 12.9. The maximum Gasteiger partial charge on any atom is 0.246 e. The molecule has 1 heterocycles. The number of hydrogen-bond acceptors (Lipinski definition) is 4. The molecule has 0 aliphatic rings. The zero-order valence-electron chi connectivity index (χ0n) is 10.9. The molecular formula is C12H16FN5. The van der Waals surface area contributed by atoms with Crippen molar-refractivity contribution in [2.75, 3.05) is 38.0 Å². The lowest BCUT2D eigenvalue weighted by molar-refractivity contribution is 0.627. The number of rotatable bonds is 3. The lowest BCUT2D eigenvalue weighted by atomic mass is 10.3. The Kier molecular flexibility index (Phi) is 3.18. The summed E-state index contributed by atoms with van der Waals surface area (Å²) in [5, 5.41) is 4.40. The van der Waals surface area contributed by atoms with Gasteiger partial charge in [-0.05, 0) is 24.3 Å². The molecule has 96 valence electrons. The van der Waals surface area contributed by atoms with Gasteiger partial charge in [-0.15, -0.1) is 5.10 Å². The van der Waals surface area contributed by atoms with Gasteiger partial charge < -0.3 is 9.80 Å². The van der Waals surface area contributed by atoms with E-state index in [1.807, 2.05) is 38.0 Å². The number of aromatic nitrogens is 3. The van der Waals surface area contributed by atoms with E-state index in [4.69, 9.17) is 0 Å². The topological polar surface area (TPSA) is 37.2 Å². The second-order valence-corrected chi connectivity index (χ2v) is 4.39. The van der Waals surface area contributed by atoms with Crippen molar-refractivity contribution in [3.8, 4) is 5.69 Å². The fourth-order valence-corrected chi connectivity index (χ4v) is 1.53. The first-order valence-corrected chi connectivity index (χ1v) is 5.56. The SMILES string of the molecule is CN(C)c1nc(N(C)C)n(-c2ccc(F)cc2)n1. The zero-order chi connectivity index (χ0) is 13.3. The van der Waals surface area contributed by atoms with Gasteiger partial charge in [0, 0.05) is 28.2 Å². The van der Waals surface area contributed by atoms with Crippen molar-refractivity contribution in [2.45, 2.75) is 0 Å². The molecule has 0 atom stereocenters. The number of hydrogen-bond donors (Lipinski definition) is 0. The van der Waals surface area contributed by atoms with Crippen molar-refractivity contribution in [3.63, 3.8) is 0 Å². The van der Waals surface area contributed by atoms with Crippen LogP contribution in [0.3, 0.4) is 0 Å². The van der Waals surface area contributed by atoms with E-state index < -0.39 is 0 Å². The summed E-state index contributed by atoms with van der Waals surface area (Å²) in [6.45, 7) is 0. The van der Waals surface area contributed by atoms with E-state index in [0.29, 0.717) is 11.9 Å². The minimum absolute atomic E-state index is 0.266. The Morgan fingerprint density at radius 3 is 2.11 bits per heavy atom. The lowest BCUT2D eigenvalue weighted by Crippen LogP contribution is -2.15. The second kappa shape index (κ2) is 4.64. The smallest absolute Gasteiger partial charge is 0.246 e. The van der Waals surface area contributed by atoms with Gasteiger partial charge in [0.15, 0.2) is 0 Å². The zero-order valence-corrected chi connectivity index (χ0v) is 10.9. The minimum Gasteiger partial charge on any atom is -0.347 e. The van der Waals surface area contributed by atoms with Crippen molar-refractivity contribution in [3.05, 3.63) is 30.1 Å². The van der Waals surface area contributed by atoms with Crippen LogP contribution in [0.1, 0.15) is 0 Å². The van der Waals surface area contributed by atoms with E-state index >= 15 is 0 Å². The van der Waals surface area contributed by atoms with Crippen molar-refractivity contribution in [1.29, 1.82) is 0 Å². The molecule has 6 heteroatoms. The molecule has 18 heavy (non-hydrogen) atoms. The molecule has 0 N–H and O–H groups in total. The van der Waals surface area contributed by atoms with Gasteiger partial charge in [0.25, 0.3) is 0 Å². The molecule has 5 nitrogen and oxygen atoms in total. The van der Waals surface area contributed by atoms with E-state index in [1.165, 1.54) is 12.1 Å². The normalized spacial score (nSPS) is 10.5. The second-order valence-electron chi connectivity index (χ2n) is 4.39. The average molecular weight is 249 g/mol. The molecule has 0 bridgehead atoms. The molecule has 0 fully saturated rings. The molecule has 2 rings (SSSR count). The Bertz CT molecular complexity index is 530. The van der Waals surface area contributed by atoms with Crippen molar-refractivity contribution in [2.24, 2.45) is 0 Å². The highest BCUT2D eigenvalue weighted by molar-refractivity contribution is 5.45. The van der Waals surface area contributed by atoms with Crippen LogP contribution in [0.5, 0.6) is 0 Å². The predicted octanol–water partition coefficient (Wildman–Crippen LogP) is 1.54. The number of halogens is 1. The van der Waals surface area contributed by atoms with Crippen LogP contribution in [0.15, 0.2) is 24.3 Å². The van der Waals surface area contributed by atoms with E-state index in [1.54, 1.807) is 16.8 Å². The van der Waals surface area contributed by atoms with Crippen LogP contribution in [0.4, 0.5) is 16.3 Å². The molecule has 0 unspecified atom stereocenters. The van der Waals surface area contributed by atoms with Gasteiger partial charge in [0.05, 0.1) is 5.69 Å². The van der Waals surface area contributed by atoms with Gasteiger partial charge >= 0.3 is 0 Å². The first-order valence-electron chi connectivity index (χ1n) is 5.56. The van der Waals surface area contributed by atoms with E-state index in [2.05, 4.69) is 10.1 Å². The molecule has 1 aromatic carbocycles. The fourth-order valence-electron chi connectivity index (χ4n) is 1.53. The quantitative estimate of drug-likeness (QED) is 0.827. The molecule has 0 aliphatic heterocycles. The Labute approximate surface area is 105 Å². The lowest BCUT2D eigenvalue weighted by Gasteiger charge is -2.12. The van der Waals surface area contributed by atoms with Crippen LogP contribution in [0, 0.1) is 5.82 Å². The summed E-state index contributed by atoms with van der Waals surface area (Å²) in [7, 11) is 7.54. The third kappa shape index (κ3) is 2.27. The van der Waals surface area contributed by atoms with Gasteiger partial charge in [0.2, 0.25) is 11.9 Å². The molecule has 0 amide bonds. The van der Waals surface area contributed by atoms with E-state index in [0.717, 1.165) is 5.69 Å². The number of anilines is 2. The van der Waals surface area contributed by atoms with Gasteiger partial charge in [-0.3, -0.25) is 0 Å². The standard InChI is InChI=1S/C12H16FN5/c1-16(2)11-14-12(17(3)4)18(15-11)10-7-5-9(13)6-8-10/h5-8H,1-4H3. The summed E-state index contributed by atoms with van der Waals surface area (Å²) in [6.07, 6.45) is 0. The first kappa shape index (κ1) is 12.3. The Hall–Kier alpha value is -2.11. The molecule has 0 saturated heterocycles. The third-order valence-electron chi connectivity index (χ3n) is 2.45. The van der Waals surface area contributed by atoms with Crippen LogP contribution >= 0.6 is 0 Å². The van der Waals surface area contributed by atoms with Gasteiger partial charge in [-0.25, -0.2) is 4.39 Å². The Morgan fingerprint density at radius 2 is 1.61 bits per heavy atom. The molecule has 0 radical (unpaired) electrons. The van der Waals surface area contributed by atoms with Crippen LogP contribution in [-0.4, -0.2) is 43.0 Å². The number of nitrogens with zero attached hydrogens (tertiary/aromatic N) is 5. The van der Waals surface area contributed by atoms with Crippen molar-refractivity contribution >= 4 is 11.9 Å². The summed E-state index contributed by atoms with van der Waals surface area (Å²) in [4.78, 5) is 8.11. The van der Waals surface area contributed by atoms with Gasteiger partial charge in [-0.2, -0.15) is 9.67 Å². The molecule has 0 spiro atoms. The molecule has 1 aromatic heterocycles. The molecule has 2 aromatic rings. The fraction of sp³-hybridized carbons (Fsp3) is 0.333. The summed E-state index contributed by atoms with van der Waals surface area (Å²) < 4.78 is 14.6. The van der Waals surface area contributed by atoms with Crippen LogP contribution < -0.4 is 9.80 Å². The molecular weight excluding hydrogens is 233 g/mol. The highest BCUT2D eigenvalue weighted by atomic mass is 19.1. The predicted molar refractivity (Wildman–Crippen MR) is 70.0 cm³/mol. The summed E-state index contributed by atoms with van der Waals surface area (Å²) in [6, 6.07) is 6.17. The van der Waals surface area contributed by atoms with Gasteiger partial charge in [-0.1, -0.05) is 0 Å². The van der Waals surface area contributed by atoms with Crippen LogP contribution in [-0.2, 0) is 0 Å². The largest absolute Gasteiger partial charge is 0.347 e.